The Morgan fingerprint density at radius 1 is 1.13 bits per heavy atom. The Kier molecular flexibility index (Phi) is 5.06. The highest BCUT2D eigenvalue weighted by molar-refractivity contribution is 6.14. The Balaban J connectivity index is 1.88. The number of para-hydroxylation sites is 1. The van der Waals surface area contributed by atoms with Gasteiger partial charge in [-0.2, -0.15) is 5.10 Å². The van der Waals surface area contributed by atoms with Gasteiger partial charge in [-0.15, -0.1) is 0 Å². The van der Waals surface area contributed by atoms with Gasteiger partial charge in [0.15, 0.2) is 5.65 Å². The van der Waals surface area contributed by atoms with E-state index >= 15 is 0 Å². The largest absolute Gasteiger partial charge is 0.466 e. The number of hydrogen-bond donors (Lipinski definition) is 2. The Hall–Kier alpha value is -3.94. The molecule has 3 N–H and O–H groups in total. The number of nitrogens with one attached hydrogen (secondary N) is 1. The molecule has 3 heterocycles. The second-order valence-corrected chi connectivity index (χ2v) is 7.67. The van der Waals surface area contributed by atoms with Crippen molar-refractivity contribution in [2.24, 2.45) is 5.73 Å². The fourth-order valence-corrected chi connectivity index (χ4v) is 3.60. The van der Waals surface area contributed by atoms with Gasteiger partial charge in [0.05, 0.1) is 34.1 Å². The van der Waals surface area contributed by atoms with Crippen LogP contribution in [0.3, 0.4) is 0 Å². The van der Waals surface area contributed by atoms with Crippen molar-refractivity contribution in [1.29, 1.82) is 0 Å². The fourth-order valence-electron chi connectivity index (χ4n) is 3.60. The molecule has 0 radical (unpaired) electrons. The minimum atomic E-state index is -0.617. The van der Waals surface area contributed by atoms with Crippen molar-refractivity contribution in [3.05, 3.63) is 65.2 Å². The first-order valence-electron chi connectivity index (χ1n) is 9.92. The van der Waals surface area contributed by atoms with Crippen LogP contribution < -0.4 is 11.1 Å². The number of aromatic nitrogens is 3. The lowest BCUT2D eigenvalue weighted by Gasteiger charge is -2.12. The van der Waals surface area contributed by atoms with Crippen molar-refractivity contribution in [1.82, 2.24) is 14.8 Å². The lowest BCUT2D eigenvalue weighted by Crippen LogP contribution is -2.18. The first-order valence-corrected chi connectivity index (χ1v) is 9.92. The van der Waals surface area contributed by atoms with Gasteiger partial charge < -0.3 is 15.5 Å². The standard InChI is InChI=1S/C23H23N5O3/c1-12(2)28-22-18(11-25-28)17(10-20(26-22)16-9-13(3)31-14(16)4)23(30)27-19-8-6-5-7-15(19)21(24)29/h5-12H,1-4H3,(H2,24,29)(H,27,30). The maximum Gasteiger partial charge on any atom is 0.256 e. The molecule has 2 amide bonds. The first-order chi connectivity index (χ1) is 14.8. The molecule has 0 fully saturated rings. The Labute approximate surface area is 179 Å². The summed E-state index contributed by atoms with van der Waals surface area (Å²) >= 11 is 0. The summed E-state index contributed by atoms with van der Waals surface area (Å²) in [6.07, 6.45) is 1.63. The molecule has 4 aromatic rings. The minimum absolute atomic E-state index is 0.0546. The molecule has 0 spiro atoms. The van der Waals surface area contributed by atoms with E-state index in [1.54, 1.807) is 41.2 Å². The van der Waals surface area contributed by atoms with Crippen molar-refractivity contribution in [3.8, 4) is 11.3 Å². The van der Waals surface area contributed by atoms with E-state index < -0.39 is 5.91 Å². The number of anilines is 1. The monoisotopic (exact) mass is 417 g/mol. The molecule has 3 aromatic heterocycles. The second-order valence-electron chi connectivity index (χ2n) is 7.67. The highest BCUT2D eigenvalue weighted by atomic mass is 16.3. The van der Waals surface area contributed by atoms with Gasteiger partial charge in [-0.05, 0) is 52.0 Å². The summed E-state index contributed by atoms with van der Waals surface area (Å²) in [6, 6.07) is 10.3. The highest BCUT2D eigenvalue weighted by Crippen LogP contribution is 2.30. The van der Waals surface area contributed by atoms with E-state index in [1.165, 1.54) is 0 Å². The average Bonchev–Trinajstić information content (AvgIpc) is 3.29. The summed E-state index contributed by atoms with van der Waals surface area (Å²) in [5.41, 5.74) is 8.44. The summed E-state index contributed by atoms with van der Waals surface area (Å²) in [5.74, 6) is 0.468. The molecule has 0 saturated heterocycles. The Morgan fingerprint density at radius 2 is 1.87 bits per heavy atom. The van der Waals surface area contributed by atoms with Gasteiger partial charge in [0.1, 0.15) is 11.5 Å². The maximum absolute atomic E-state index is 13.3. The molecule has 8 heteroatoms. The van der Waals surface area contributed by atoms with E-state index in [-0.39, 0.29) is 17.5 Å². The molecule has 0 aliphatic rings. The zero-order valence-electron chi connectivity index (χ0n) is 17.8. The third kappa shape index (κ3) is 3.68. The quantitative estimate of drug-likeness (QED) is 0.504. The number of carbonyl (C=O) groups excluding carboxylic acids is 2. The van der Waals surface area contributed by atoms with Crippen molar-refractivity contribution < 1.29 is 14.0 Å². The van der Waals surface area contributed by atoms with Crippen LogP contribution in [0.4, 0.5) is 5.69 Å². The van der Waals surface area contributed by atoms with Gasteiger partial charge in [-0.25, -0.2) is 9.67 Å². The van der Waals surface area contributed by atoms with Crippen LogP contribution in [0.15, 0.2) is 47.0 Å². The van der Waals surface area contributed by atoms with Crippen LogP contribution in [0.25, 0.3) is 22.3 Å². The number of nitrogens with zero attached hydrogens (tertiary/aromatic N) is 3. The molecule has 0 saturated carbocycles. The third-order valence-electron chi connectivity index (χ3n) is 5.06. The lowest BCUT2D eigenvalue weighted by atomic mass is 10.1. The lowest BCUT2D eigenvalue weighted by molar-refractivity contribution is 0.100. The van der Waals surface area contributed by atoms with Crippen LogP contribution >= 0.6 is 0 Å². The summed E-state index contributed by atoms with van der Waals surface area (Å²) in [5, 5.41) is 7.85. The molecular weight excluding hydrogens is 394 g/mol. The van der Waals surface area contributed by atoms with Crippen LogP contribution in [-0.2, 0) is 0 Å². The smallest absolute Gasteiger partial charge is 0.256 e. The van der Waals surface area contributed by atoms with Crippen LogP contribution in [0, 0.1) is 13.8 Å². The second kappa shape index (κ2) is 7.71. The molecule has 0 aliphatic heterocycles. The van der Waals surface area contributed by atoms with E-state index in [0.29, 0.717) is 33.7 Å². The number of fused-ring (bicyclic) bond motifs is 1. The number of rotatable bonds is 5. The maximum atomic E-state index is 13.3. The molecule has 4 rings (SSSR count). The number of carbonyl (C=O) groups is 2. The zero-order valence-corrected chi connectivity index (χ0v) is 17.8. The van der Waals surface area contributed by atoms with Crippen LogP contribution in [-0.4, -0.2) is 26.6 Å². The predicted octanol–water partition coefficient (Wildman–Crippen LogP) is 4.24. The van der Waals surface area contributed by atoms with Crippen molar-refractivity contribution in [3.63, 3.8) is 0 Å². The van der Waals surface area contributed by atoms with Gasteiger partial charge in [0.25, 0.3) is 11.8 Å². The van der Waals surface area contributed by atoms with Crippen LogP contribution in [0.2, 0.25) is 0 Å². The topological polar surface area (TPSA) is 116 Å². The number of hydrogen-bond acceptors (Lipinski definition) is 5. The number of nitrogens with two attached hydrogens (primary N) is 1. The molecular formula is C23H23N5O3. The number of amides is 2. The zero-order chi connectivity index (χ0) is 22.3. The Bertz CT molecular complexity index is 1320. The summed E-state index contributed by atoms with van der Waals surface area (Å²) < 4.78 is 7.44. The summed E-state index contributed by atoms with van der Waals surface area (Å²) in [7, 11) is 0. The summed E-state index contributed by atoms with van der Waals surface area (Å²) in [6.45, 7) is 7.71. The number of primary amides is 1. The van der Waals surface area contributed by atoms with E-state index in [4.69, 9.17) is 15.1 Å². The number of furan rings is 1. The molecule has 158 valence electrons. The van der Waals surface area contributed by atoms with Gasteiger partial charge in [-0.3, -0.25) is 9.59 Å². The molecule has 0 atom stereocenters. The molecule has 31 heavy (non-hydrogen) atoms. The number of benzene rings is 1. The number of aryl methyl sites for hydroxylation is 2. The third-order valence-corrected chi connectivity index (χ3v) is 5.06. The molecule has 0 bridgehead atoms. The molecule has 0 aliphatic carbocycles. The minimum Gasteiger partial charge on any atom is -0.466 e. The summed E-state index contributed by atoms with van der Waals surface area (Å²) in [4.78, 5) is 29.8. The van der Waals surface area contributed by atoms with Crippen molar-refractivity contribution >= 4 is 28.5 Å². The van der Waals surface area contributed by atoms with Crippen molar-refractivity contribution in [2.45, 2.75) is 33.7 Å². The SMILES string of the molecule is Cc1cc(-c2cc(C(=O)Nc3ccccc3C(N)=O)c3cnn(C(C)C)c3n2)c(C)o1. The van der Waals surface area contributed by atoms with Gasteiger partial charge in [0, 0.05) is 11.6 Å². The molecule has 0 unspecified atom stereocenters. The van der Waals surface area contributed by atoms with Gasteiger partial charge >= 0.3 is 0 Å². The highest BCUT2D eigenvalue weighted by Gasteiger charge is 2.21. The van der Waals surface area contributed by atoms with E-state index in [0.717, 1.165) is 11.3 Å². The van der Waals surface area contributed by atoms with Crippen LogP contribution in [0.5, 0.6) is 0 Å². The molecule has 1 aromatic carbocycles. The van der Waals surface area contributed by atoms with Gasteiger partial charge in [-0.1, -0.05) is 12.1 Å². The predicted molar refractivity (Wildman–Crippen MR) is 118 cm³/mol. The Morgan fingerprint density at radius 3 is 2.52 bits per heavy atom. The fraction of sp³-hybridized carbons (Fsp3) is 0.217. The van der Waals surface area contributed by atoms with Crippen molar-refractivity contribution in [2.75, 3.05) is 5.32 Å². The van der Waals surface area contributed by atoms with E-state index in [9.17, 15) is 9.59 Å². The molecule has 8 nitrogen and oxygen atoms in total. The van der Waals surface area contributed by atoms with E-state index in [2.05, 4.69) is 10.4 Å². The first kappa shape index (κ1) is 20.3. The normalized spacial score (nSPS) is 11.3. The van der Waals surface area contributed by atoms with Gasteiger partial charge in [0.2, 0.25) is 0 Å². The van der Waals surface area contributed by atoms with E-state index in [1.807, 2.05) is 33.8 Å². The number of pyridine rings is 1. The van der Waals surface area contributed by atoms with Crippen LogP contribution in [0.1, 0.15) is 52.1 Å². The average molecular weight is 417 g/mol.